The van der Waals surface area contributed by atoms with Crippen molar-refractivity contribution < 1.29 is 14.2 Å². The van der Waals surface area contributed by atoms with E-state index in [1.54, 1.807) is 6.26 Å². The molecule has 0 bridgehead atoms. The molecule has 2 unspecified atom stereocenters. The molecule has 18 heavy (non-hydrogen) atoms. The summed E-state index contributed by atoms with van der Waals surface area (Å²) in [5.41, 5.74) is 0. The predicted octanol–water partition coefficient (Wildman–Crippen LogP) is 2.99. The minimum Gasteiger partial charge on any atom is -0.480 e. The van der Waals surface area contributed by atoms with Crippen LogP contribution in [-0.4, -0.2) is 18.8 Å². The van der Waals surface area contributed by atoms with Gasteiger partial charge in [0, 0.05) is 0 Å². The second-order valence-electron chi connectivity index (χ2n) is 4.35. The van der Waals surface area contributed by atoms with Crippen molar-refractivity contribution in [1.82, 2.24) is 0 Å². The van der Waals surface area contributed by atoms with E-state index in [0.29, 0.717) is 6.61 Å². The molecule has 3 aliphatic rings. The van der Waals surface area contributed by atoms with Gasteiger partial charge in [-0.2, -0.15) is 0 Å². The van der Waals surface area contributed by atoms with Gasteiger partial charge in [0.1, 0.15) is 17.6 Å². The monoisotopic (exact) mass is 244 g/mol. The Bertz CT molecular complexity index is 454. The van der Waals surface area contributed by atoms with Crippen LogP contribution in [0.15, 0.2) is 60.3 Å². The van der Waals surface area contributed by atoms with Gasteiger partial charge in [0.25, 0.3) is 0 Å². The zero-order chi connectivity index (χ0) is 12.2. The Morgan fingerprint density at radius 1 is 1.11 bits per heavy atom. The van der Waals surface area contributed by atoms with Crippen molar-refractivity contribution in [1.29, 1.82) is 0 Å². The van der Waals surface area contributed by atoms with E-state index in [1.165, 1.54) is 0 Å². The van der Waals surface area contributed by atoms with Gasteiger partial charge in [-0.25, -0.2) is 0 Å². The maximum atomic E-state index is 5.95. The molecule has 0 aliphatic carbocycles. The van der Waals surface area contributed by atoms with Gasteiger partial charge in [-0.3, -0.25) is 0 Å². The van der Waals surface area contributed by atoms with Gasteiger partial charge in [0.2, 0.25) is 0 Å². The van der Waals surface area contributed by atoms with E-state index in [-0.39, 0.29) is 12.2 Å². The largest absolute Gasteiger partial charge is 0.480 e. The SMILES string of the molecule is C1=CC(C2=CCC=CO2)OC(C2CC=CCO2)=C1. The molecular weight excluding hydrogens is 228 g/mol. The quantitative estimate of drug-likeness (QED) is 0.699. The summed E-state index contributed by atoms with van der Waals surface area (Å²) < 4.78 is 17.1. The summed E-state index contributed by atoms with van der Waals surface area (Å²) in [4.78, 5) is 0. The Morgan fingerprint density at radius 2 is 2.11 bits per heavy atom. The van der Waals surface area contributed by atoms with Crippen LogP contribution in [0.3, 0.4) is 0 Å². The van der Waals surface area contributed by atoms with Crippen LogP contribution in [0, 0.1) is 0 Å². The van der Waals surface area contributed by atoms with Crippen LogP contribution in [0.2, 0.25) is 0 Å². The highest BCUT2D eigenvalue weighted by Crippen LogP contribution is 2.26. The fourth-order valence-electron chi connectivity index (χ4n) is 2.14. The van der Waals surface area contributed by atoms with Crippen molar-refractivity contribution in [3.8, 4) is 0 Å². The molecule has 0 radical (unpaired) electrons. The first-order valence-electron chi connectivity index (χ1n) is 6.27. The molecule has 0 N–H and O–H groups in total. The summed E-state index contributed by atoms with van der Waals surface area (Å²) in [5, 5.41) is 0. The highest BCUT2D eigenvalue weighted by Gasteiger charge is 2.24. The third-order valence-electron chi connectivity index (χ3n) is 3.07. The van der Waals surface area contributed by atoms with Gasteiger partial charge in [0.05, 0.1) is 12.9 Å². The van der Waals surface area contributed by atoms with E-state index < -0.39 is 0 Å². The van der Waals surface area contributed by atoms with Crippen molar-refractivity contribution in [2.75, 3.05) is 6.61 Å². The third kappa shape index (κ3) is 2.41. The molecule has 94 valence electrons. The normalized spacial score (nSPS) is 30.2. The molecule has 3 heteroatoms. The lowest BCUT2D eigenvalue weighted by Crippen LogP contribution is -2.26. The maximum absolute atomic E-state index is 5.95. The van der Waals surface area contributed by atoms with Crippen LogP contribution < -0.4 is 0 Å². The van der Waals surface area contributed by atoms with Crippen molar-refractivity contribution in [2.24, 2.45) is 0 Å². The smallest absolute Gasteiger partial charge is 0.174 e. The molecular formula is C15H16O3. The van der Waals surface area contributed by atoms with Crippen LogP contribution in [0.25, 0.3) is 0 Å². The first-order chi connectivity index (χ1) is 8.93. The highest BCUT2D eigenvalue weighted by molar-refractivity contribution is 5.25. The Kier molecular flexibility index (Phi) is 3.33. The Hall–Kier alpha value is -1.74. The Balaban J connectivity index is 1.68. The summed E-state index contributed by atoms with van der Waals surface area (Å²) in [7, 11) is 0. The fourth-order valence-corrected chi connectivity index (χ4v) is 2.14. The number of ether oxygens (including phenoxy) is 3. The van der Waals surface area contributed by atoms with Gasteiger partial charge >= 0.3 is 0 Å². The molecule has 3 aliphatic heterocycles. The second kappa shape index (κ2) is 5.27. The number of allylic oxidation sites excluding steroid dienone is 4. The van der Waals surface area contributed by atoms with E-state index in [9.17, 15) is 0 Å². The summed E-state index contributed by atoms with van der Waals surface area (Å²) in [5.74, 6) is 1.73. The van der Waals surface area contributed by atoms with E-state index in [0.717, 1.165) is 24.4 Å². The standard InChI is InChI=1S/C15H16O3/c1-3-10-16-12(6-1)14-8-5-9-15(18-14)13-7-2-4-11-17-13/h1,3-5,7-9,11-12,15H,2,6,10H2. The molecule has 0 saturated carbocycles. The van der Waals surface area contributed by atoms with Crippen LogP contribution in [0.5, 0.6) is 0 Å². The van der Waals surface area contributed by atoms with Crippen molar-refractivity contribution in [3.05, 3.63) is 60.3 Å². The van der Waals surface area contributed by atoms with Crippen molar-refractivity contribution in [3.63, 3.8) is 0 Å². The summed E-state index contributed by atoms with van der Waals surface area (Å²) in [6.45, 7) is 0.654. The average Bonchev–Trinajstić information content (AvgIpc) is 2.49. The number of hydrogen-bond acceptors (Lipinski definition) is 3. The molecule has 3 heterocycles. The lowest BCUT2D eigenvalue weighted by molar-refractivity contribution is 0.0217. The summed E-state index contributed by atoms with van der Waals surface area (Å²) in [6, 6.07) is 0. The van der Waals surface area contributed by atoms with Crippen molar-refractivity contribution in [2.45, 2.75) is 25.0 Å². The average molecular weight is 244 g/mol. The Labute approximate surface area is 107 Å². The van der Waals surface area contributed by atoms with E-state index >= 15 is 0 Å². The van der Waals surface area contributed by atoms with E-state index in [2.05, 4.69) is 6.08 Å². The summed E-state index contributed by atoms with van der Waals surface area (Å²) >= 11 is 0. The number of rotatable bonds is 2. The Morgan fingerprint density at radius 3 is 2.89 bits per heavy atom. The van der Waals surface area contributed by atoms with Gasteiger partial charge in [-0.05, 0) is 37.1 Å². The molecule has 0 spiro atoms. The lowest BCUT2D eigenvalue weighted by atomic mass is 10.1. The molecule has 0 saturated heterocycles. The van der Waals surface area contributed by atoms with E-state index in [1.807, 2.05) is 36.5 Å². The van der Waals surface area contributed by atoms with E-state index in [4.69, 9.17) is 14.2 Å². The minimum absolute atomic E-state index is 0.0298. The first-order valence-corrected chi connectivity index (χ1v) is 6.27. The van der Waals surface area contributed by atoms with Gasteiger partial charge in [-0.15, -0.1) is 0 Å². The molecule has 0 amide bonds. The highest BCUT2D eigenvalue weighted by atomic mass is 16.6. The molecule has 2 atom stereocenters. The van der Waals surface area contributed by atoms with Gasteiger partial charge < -0.3 is 14.2 Å². The topological polar surface area (TPSA) is 27.7 Å². The predicted molar refractivity (Wildman–Crippen MR) is 68.5 cm³/mol. The molecule has 0 aromatic carbocycles. The molecule has 0 aromatic rings. The van der Waals surface area contributed by atoms with Gasteiger partial charge in [0.15, 0.2) is 6.10 Å². The zero-order valence-electron chi connectivity index (χ0n) is 10.1. The fraction of sp³-hybridized carbons (Fsp3) is 0.333. The number of hydrogen-bond donors (Lipinski definition) is 0. The van der Waals surface area contributed by atoms with Crippen LogP contribution in [-0.2, 0) is 14.2 Å². The van der Waals surface area contributed by atoms with Crippen LogP contribution in [0.1, 0.15) is 12.8 Å². The van der Waals surface area contributed by atoms with Crippen LogP contribution >= 0.6 is 0 Å². The second-order valence-corrected chi connectivity index (χ2v) is 4.35. The summed E-state index contributed by atoms with van der Waals surface area (Å²) in [6.07, 6.45) is 17.5. The maximum Gasteiger partial charge on any atom is 0.174 e. The first kappa shape index (κ1) is 11.4. The van der Waals surface area contributed by atoms with Gasteiger partial charge in [-0.1, -0.05) is 18.2 Å². The molecule has 3 nitrogen and oxygen atoms in total. The molecule has 0 aromatic heterocycles. The molecule has 3 rings (SSSR count). The van der Waals surface area contributed by atoms with Crippen molar-refractivity contribution >= 4 is 0 Å². The molecule has 0 fully saturated rings. The zero-order valence-corrected chi connectivity index (χ0v) is 10.1. The minimum atomic E-state index is -0.135. The third-order valence-corrected chi connectivity index (χ3v) is 3.07. The lowest BCUT2D eigenvalue weighted by Gasteiger charge is -2.28. The van der Waals surface area contributed by atoms with Crippen LogP contribution in [0.4, 0.5) is 0 Å².